The molecular weight excluding hydrogens is 492 g/mol. The summed E-state index contributed by atoms with van der Waals surface area (Å²) in [4.78, 5) is 13.0. The second-order valence-corrected chi connectivity index (χ2v) is 14.2. The Morgan fingerprint density at radius 1 is 0.900 bits per heavy atom. The number of carbonyl (C=O) groups excluding carboxylic acids is 1. The lowest BCUT2D eigenvalue weighted by Gasteiger charge is -2.59. The molecule has 3 nitrogen and oxygen atoms in total. The molecule has 0 aliphatic heterocycles. The molecule has 212 valence electrons. The van der Waals surface area contributed by atoms with E-state index in [-0.39, 0.29) is 34.2 Å². The second-order valence-electron chi connectivity index (χ2n) is 14.2. The Balaban J connectivity index is 1.24. The molecule has 1 fully saturated rings. The van der Waals surface area contributed by atoms with Crippen LogP contribution in [0, 0.1) is 34.0 Å². The highest BCUT2D eigenvalue weighted by atomic mass is 16.5. The van der Waals surface area contributed by atoms with Crippen LogP contribution in [-0.2, 0) is 4.74 Å². The zero-order valence-electron chi connectivity index (χ0n) is 25.0. The van der Waals surface area contributed by atoms with Crippen molar-refractivity contribution in [3.63, 3.8) is 0 Å². The van der Waals surface area contributed by atoms with E-state index in [1.165, 1.54) is 0 Å². The van der Waals surface area contributed by atoms with E-state index >= 15 is 0 Å². The molecule has 2 aromatic rings. The zero-order chi connectivity index (χ0) is 28.3. The van der Waals surface area contributed by atoms with Crippen LogP contribution < -0.4 is 0 Å². The van der Waals surface area contributed by atoms with Crippen LogP contribution in [0.4, 0.5) is 0 Å². The van der Waals surface area contributed by atoms with Crippen molar-refractivity contribution < 1.29 is 14.6 Å². The average Bonchev–Trinajstić information content (AvgIpc) is 3.32. The van der Waals surface area contributed by atoms with E-state index in [4.69, 9.17) is 4.74 Å². The number of ether oxygens (including phenoxy) is 1. The minimum absolute atomic E-state index is 0.0651. The molecule has 1 saturated carbocycles. The molecule has 0 radical (unpaired) electrons. The lowest BCUT2D eigenvalue weighted by Crippen LogP contribution is -2.54. The van der Waals surface area contributed by atoms with E-state index in [1.807, 2.05) is 48.5 Å². The predicted octanol–water partition coefficient (Wildman–Crippen LogP) is 8.86. The summed E-state index contributed by atoms with van der Waals surface area (Å²) in [6.45, 7) is 11.9. The van der Waals surface area contributed by atoms with Gasteiger partial charge in [-0.15, -0.1) is 0 Å². The molecule has 40 heavy (non-hydrogen) atoms. The van der Waals surface area contributed by atoms with Gasteiger partial charge in [0.1, 0.15) is 6.10 Å². The maximum atomic E-state index is 13.0. The van der Waals surface area contributed by atoms with Crippen LogP contribution >= 0.6 is 0 Å². The first-order valence-electron chi connectivity index (χ1n) is 15.5. The molecule has 0 amide bonds. The van der Waals surface area contributed by atoms with Crippen LogP contribution in [0.15, 0.2) is 83.5 Å². The maximum absolute atomic E-state index is 13.0. The predicted molar refractivity (Wildman–Crippen MR) is 161 cm³/mol. The van der Waals surface area contributed by atoms with Crippen LogP contribution in [0.3, 0.4) is 0 Å². The molecular formula is C37H46O3. The number of benzene rings is 2. The Morgan fingerprint density at radius 2 is 1.57 bits per heavy atom. The van der Waals surface area contributed by atoms with Crippen LogP contribution in [0.25, 0.3) is 0 Å². The van der Waals surface area contributed by atoms with Crippen molar-refractivity contribution in [3.05, 3.63) is 94.6 Å². The summed E-state index contributed by atoms with van der Waals surface area (Å²) in [5.41, 5.74) is 6.75. The third-order valence-electron chi connectivity index (χ3n) is 11.9. The van der Waals surface area contributed by atoms with Gasteiger partial charge in [-0.05, 0) is 102 Å². The summed E-state index contributed by atoms with van der Waals surface area (Å²) in [7, 11) is 0. The van der Waals surface area contributed by atoms with Crippen molar-refractivity contribution in [3.8, 4) is 0 Å². The van der Waals surface area contributed by atoms with Gasteiger partial charge in [-0.3, -0.25) is 0 Å². The standard InChI is InChI=1S/C37H46O3/c1-24(33(38)25-12-8-6-9-13-25)28-17-18-29-27-16-19-31-35(2,3)32(40-34(39)26-14-10-7-11-15-26)21-23-37(31,5)30(27)20-22-36(28,29)4/h6-15,18,24,28,31-33,38H,16-17,19-23H2,1-5H3/t24-,28+,31-,32-,33?,36+,37+/m0/s1. The number of rotatable bonds is 5. The van der Waals surface area contributed by atoms with Crippen LogP contribution in [0.2, 0.25) is 0 Å². The minimum Gasteiger partial charge on any atom is -0.458 e. The van der Waals surface area contributed by atoms with Crippen molar-refractivity contribution in [1.82, 2.24) is 0 Å². The monoisotopic (exact) mass is 538 g/mol. The van der Waals surface area contributed by atoms with Gasteiger partial charge in [0.2, 0.25) is 0 Å². The molecule has 4 aliphatic carbocycles. The fourth-order valence-corrected chi connectivity index (χ4v) is 9.65. The highest BCUT2D eigenvalue weighted by Crippen LogP contribution is 2.67. The molecule has 1 N–H and O–H groups in total. The van der Waals surface area contributed by atoms with Crippen molar-refractivity contribution >= 4 is 5.97 Å². The molecule has 2 aromatic carbocycles. The van der Waals surface area contributed by atoms with Crippen LogP contribution in [-0.4, -0.2) is 17.2 Å². The maximum Gasteiger partial charge on any atom is 0.338 e. The summed E-state index contributed by atoms with van der Waals surface area (Å²) in [6, 6.07) is 19.6. The van der Waals surface area contributed by atoms with Crippen molar-refractivity contribution in [2.75, 3.05) is 0 Å². The number of carbonyl (C=O) groups is 1. The number of allylic oxidation sites excluding steroid dienone is 4. The van der Waals surface area contributed by atoms with Gasteiger partial charge in [0, 0.05) is 5.41 Å². The Morgan fingerprint density at radius 3 is 2.27 bits per heavy atom. The Bertz CT molecular complexity index is 1320. The highest BCUT2D eigenvalue weighted by Gasteiger charge is 2.58. The molecule has 1 unspecified atom stereocenters. The number of hydrogen-bond donors (Lipinski definition) is 1. The number of hydrogen-bond acceptors (Lipinski definition) is 3. The number of fused-ring (bicyclic) bond motifs is 4. The van der Waals surface area contributed by atoms with E-state index in [0.29, 0.717) is 17.4 Å². The lowest BCUT2D eigenvalue weighted by atomic mass is 9.46. The summed E-state index contributed by atoms with van der Waals surface area (Å²) in [6.07, 6.45) is 9.63. The van der Waals surface area contributed by atoms with Gasteiger partial charge in [0.15, 0.2) is 0 Å². The van der Waals surface area contributed by atoms with Gasteiger partial charge in [0.25, 0.3) is 0 Å². The number of aliphatic hydroxyl groups excluding tert-OH is 1. The van der Waals surface area contributed by atoms with Gasteiger partial charge in [-0.2, -0.15) is 0 Å². The Hall–Kier alpha value is -2.65. The fraction of sp³-hybridized carbons (Fsp3) is 0.541. The normalized spacial score (nSPS) is 34.1. The van der Waals surface area contributed by atoms with E-state index in [1.54, 1.807) is 16.7 Å². The molecule has 0 saturated heterocycles. The van der Waals surface area contributed by atoms with E-state index < -0.39 is 6.10 Å². The Kier molecular flexibility index (Phi) is 6.89. The highest BCUT2D eigenvalue weighted by molar-refractivity contribution is 5.89. The van der Waals surface area contributed by atoms with Gasteiger partial charge in [-0.25, -0.2) is 4.79 Å². The van der Waals surface area contributed by atoms with Gasteiger partial charge < -0.3 is 9.84 Å². The van der Waals surface area contributed by atoms with Gasteiger partial charge in [-0.1, -0.05) is 94.8 Å². The van der Waals surface area contributed by atoms with Crippen LogP contribution in [0.5, 0.6) is 0 Å². The molecule has 4 aliphatic rings. The van der Waals surface area contributed by atoms with E-state index in [9.17, 15) is 9.90 Å². The third kappa shape index (κ3) is 4.23. The third-order valence-corrected chi connectivity index (χ3v) is 11.9. The fourth-order valence-electron chi connectivity index (χ4n) is 9.65. The molecule has 0 bridgehead atoms. The Labute approximate surface area is 240 Å². The van der Waals surface area contributed by atoms with Crippen molar-refractivity contribution in [1.29, 1.82) is 0 Å². The second kappa shape index (κ2) is 10.0. The topological polar surface area (TPSA) is 46.5 Å². The van der Waals surface area contributed by atoms with Gasteiger partial charge >= 0.3 is 5.97 Å². The first-order chi connectivity index (χ1) is 19.1. The molecule has 0 aromatic heterocycles. The van der Waals surface area contributed by atoms with Crippen molar-refractivity contribution in [2.24, 2.45) is 34.0 Å². The van der Waals surface area contributed by atoms with Crippen LogP contribution in [0.1, 0.15) is 102 Å². The molecule has 7 atom stereocenters. The van der Waals surface area contributed by atoms with E-state index in [2.05, 4.69) is 52.8 Å². The summed E-state index contributed by atoms with van der Waals surface area (Å²) >= 11 is 0. The summed E-state index contributed by atoms with van der Waals surface area (Å²) < 4.78 is 6.22. The molecule has 6 rings (SSSR count). The lowest BCUT2D eigenvalue weighted by molar-refractivity contribution is -0.0994. The number of aliphatic hydroxyl groups is 1. The first-order valence-corrected chi connectivity index (χ1v) is 15.5. The summed E-state index contributed by atoms with van der Waals surface area (Å²) in [5, 5.41) is 11.3. The number of esters is 1. The van der Waals surface area contributed by atoms with Crippen molar-refractivity contribution in [2.45, 2.75) is 91.8 Å². The van der Waals surface area contributed by atoms with E-state index in [0.717, 1.165) is 50.5 Å². The summed E-state index contributed by atoms with van der Waals surface area (Å²) in [5.74, 6) is 0.938. The first kappa shape index (κ1) is 27.5. The molecule has 0 heterocycles. The average molecular weight is 539 g/mol. The molecule has 3 heteroatoms. The molecule has 0 spiro atoms. The largest absolute Gasteiger partial charge is 0.458 e. The SMILES string of the molecule is C[C@H](C(O)c1ccccc1)[C@H]1CC=C2C3=C(CC[C@@]21C)[C@@]1(C)CC[C@H](OC(=O)c2ccccc2)C(C)(C)[C@@H]1CC3. The quantitative estimate of drug-likeness (QED) is 0.387. The van der Waals surface area contributed by atoms with Gasteiger partial charge in [0.05, 0.1) is 11.7 Å². The minimum atomic E-state index is -0.436. The smallest absolute Gasteiger partial charge is 0.338 e. The zero-order valence-corrected chi connectivity index (χ0v) is 25.0.